The van der Waals surface area contributed by atoms with Crippen LogP contribution in [0.4, 0.5) is 11.4 Å². The third kappa shape index (κ3) is 3.48. The van der Waals surface area contributed by atoms with Crippen molar-refractivity contribution in [2.24, 2.45) is 11.8 Å². The quantitative estimate of drug-likeness (QED) is 0.171. The second-order valence-corrected chi connectivity index (χ2v) is 12.4. The van der Waals surface area contributed by atoms with Gasteiger partial charge in [-0.2, -0.15) is 5.01 Å². The number of hydrazine groups is 1. The molecule has 2 fully saturated rings. The molecule has 5 rings (SSSR count). The molecular weight excluding hydrogens is 657 g/mol. The highest BCUT2D eigenvalue weighted by atomic mass is 35.5. The van der Waals surface area contributed by atoms with Gasteiger partial charge < -0.3 is 0 Å². The Labute approximate surface area is 254 Å². The Morgan fingerprint density at radius 1 is 0.825 bits per heavy atom. The molecule has 1 saturated carbocycles. The number of fused-ring (bicyclic) bond motifs is 5. The van der Waals surface area contributed by atoms with Crippen LogP contribution < -0.4 is 0 Å². The normalized spacial score (nSPS) is 28.2. The number of imide groups is 1. The molecule has 0 spiro atoms. The van der Waals surface area contributed by atoms with Crippen molar-refractivity contribution in [3.63, 3.8) is 0 Å². The van der Waals surface area contributed by atoms with Gasteiger partial charge in [-0.05, 0) is 6.07 Å². The summed E-state index contributed by atoms with van der Waals surface area (Å²) in [6, 6.07) is 10.0. The number of carbonyl (C=O) groups excluding carboxylic acids is 3. The zero-order valence-electron chi connectivity index (χ0n) is 19.4. The van der Waals surface area contributed by atoms with Crippen LogP contribution in [0.3, 0.4) is 0 Å². The fraction of sp³-hybridized carbons (Fsp3) is 0.261. The van der Waals surface area contributed by atoms with Gasteiger partial charge in [0.05, 0.1) is 43.9 Å². The number of benzene rings is 2. The van der Waals surface area contributed by atoms with Crippen molar-refractivity contribution in [2.75, 3.05) is 0 Å². The topological polar surface area (TPSA) is 144 Å². The second-order valence-electron chi connectivity index (χ2n) is 9.09. The number of hydrogen-bond donors (Lipinski definition) is 0. The van der Waals surface area contributed by atoms with Gasteiger partial charge in [0.1, 0.15) is 15.3 Å². The number of halogens is 6. The van der Waals surface area contributed by atoms with Crippen LogP contribution >= 0.6 is 69.6 Å². The fourth-order valence-corrected chi connectivity index (χ4v) is 8.32. The summed E-state index contributed by atoms with van der Waals surface area (Å²) in [6.07, 6.45) is 0. The average molecular weight is 669 g/mol. The summed E-state index contributed by atoms with van der Waals surface area (Å²) < 4.78 is -2.24. The number of amides is 3. The fourth-order valence-electron chi connectivity index (χ4n) is 5.39. The van der Waals surface area contributed by atoms with Gasteiger partial charge in [-0.3, -0.25) is 34.6 Å². The summed E-state index contributed by atoms with van der Waals surface area (Å²) in [4.78, 5) is 59.2. The predicted molar refractivity (Wildman–Crippen MR) is 145 cm³/mol. The molecule has 3 amide bonds. The Morgan fingerprint density at radius 2 is 1.27 bits per heavy atom. The number of hydrogen-bond acceptors (Lipinski definition) is 7. The molecule has 2 aromatic rings. The molecule has 17 heteroatoms. The summed E-state index contributed by atoms with van der Waals surface area (Å²) >= 11 is 39.1. The largest absolute Gasteiger partial charge is 0.282 e. The van der Waals surface area contributed by atoms with Gasteiger partial charge in [0, 0.05) is 12.1 Å². The molecule has 3 aliphatic rings. The maximum Gasteiger partial charge on any atom is 0.282 e. The zero-order chi connectivity index (χ0) is 29.5. The van der Waals surface area contributed by atoms with Crippen molar-refractivity contribution in [1.29, 1.82) is 0 Å². The molecule has 0 N–H and O–H groups in total. The molecule has 11 nitrogen and oxygen atoms in total. The van der Waals surface area contributed by atoms with Crippen LogP contribution in [-0.4, -0.2) is 51.7 Å². The standard InChI is InChI=1S/C23H12Cl6N4O7/c24-16-17(25)22(27)15-14(21(16,26)23(22,28)29)19(35)31(20(15)36)30(9-10-5-1-3-7-12(10)32(37)38)18(34)11-6-2-4-8-13(11)33(39)40/h1-8,14-15H,9H2/t14-,15-,21+,22+/m0/s1. The van der Waals surface area contributed by atoms with Gasteiger partial charge in [-0.1, -0.05) is 76.7 Å². The SMILES string of the molecule is O=C(c1ccccc1[N+](=O)[O-])N(Cc1ccccc1[N+](=O)[O-])N1C(=O)[C@@H]2[C@@H](C1=O)[C@@]1(Cl)C(Cl)=C(Cl)[C@@]2(Cl)C1(Cl)Cl. The lowest BCUT2D eigenvalue weighted by molar-refractivity contribution is -0.385. The third-order valence-corrected chi connectivity index (χ3v) is 11.5. The molecule has 2 aromatic carbocycles. The number of carbonyl (C=O) groups is 3. The lowest BCUT2D eigenvalue weighted by atomic mass is 9.84. The molecule has 4 atom stereocenters. The third-order valence-electron chi connectivity index (χ3n) is 7.20. The Hall–Kier alpha value is -2.67. The van der Waals surface area contributed by atoms with Crippen LogP contribution in [0.1, 0.15) is 15.9 Å². The summed E-state index contributed by atoms with van der Waals surface area (Å²) in [5.41, 5.74) is -1.70. The van der Waals surface area contributed by atoms with E-state index < -0.39 is 77.0 Å². The Kier molecular flexibility index (Phi) is 6.80. The minimum Gasteiger partial charge on any atom is -0.272 e. The van der Waals surface area contributed by atoms with E-state index in [4.69, 9.17) is 69.6 Å². The lowest BCUT2D eigenvalue weighted by Crippen LogP contribution is -2.55. The van der Waals surface area contributed by atoms with E-state index in [9.17, 15) is 34.6 Å². The first-order valence-electron chi connectivity index (χ1n) is 11.1. The number of rotatable bonds is 6. The monoisotopic (exact) mass is 666 g/mol. The first-order valence-corrected chi connectivity index (χ1v) is 13.4. The average Bonchev–Trinajstić information content (AvgIpc) is 3.30. The number of alkyl halides is 4. The lowest BCUT2D eigenvalue weighted by Gasteiger charge is -2.37. The van der Waals surface area contributed by atoms with E-state index >= 15 is 0 Å². The Bertz CT molecular complexity index is 1540. The zero-order valence-corrected chi connectivity index (χ0v) is 23.9. The van der Waals surface area contributed by atoms with Crippen LogP contribution in [0.15, 0.2) is 58.6 Å². The van der Waals surface area contributed by atoms with E-state index in [-0.39, 0.29) is 15.6 Å². The molecule has 1 heterocycles. The smallest absolute Gasteiger partial charge is 0.272 e. The van der Waals surface area contributed by atoms with Crippen molar-refractivity contribution < 1.29 is 24.2 Å². The highest BCUT2D eigenvalue weighted by Gasteiger charge is 2.88. The maximum atomic E-state index is 13.9. The Morgan fingerprint density at radius 3 is 1.77 bits per heavy atom. The van der Waals surface area contributed by atoms with E-state index in [1.54, 1.807) is 0 Å². The molecule has 0 unspecified atom stereocenters. The summed E-state index contributed by atoms with van der Waals surface area (Å²) in [5, 5.41) is 23.6. The van der Waals surface area contributed by atoms with E-state index in [2.05, 4.69) is 0 Å². The summed E-state index contributed by atoms with van der Waals surface area (Å²) in [7, 11) is 0. The summed E-state index contributed by atoms with van der Waals surface area (Å²) in [6.45, 7) is -0.731. The highest BCUT2D eigenvalue weighted by Crippen LogP contribution is 2.77. The van der Waals surface area contributed by atoms with Gasteiger partial charge in [0.2, 0.25) is 0 Å². The van der Waals surface area contributed by atoms with Crippen LogP contribution in [0.5, 0.6) is 0 Å². The van der Waals surface area contributed by atoms with Gasteiger partial charge in [-0.15, -0.1) is 23.2 Å². The molecule has 2 bridgehead atoms. The number of nitrogens with zero attached hydrogens (tertiary/aromatic N) is 4. The van der Waals surface area contributed by atoms with Gasteiger partial charge >= 0.3 is 0 Å². The molecule has 40 heavy (non-hydrogen) atoms. The van der Waals surface area contributed by atoms with Crippen LogP contribution in [-0.2, 0) is 16.1 Å². The molecular formula is C23H12Cl6N4O7. The second kappa shape index (κ2) is 9.43. The van der Waals surface area contributed by atoms with Crippen LogP contribution in [0, 0.1) is 32.1 Å². The van der Waals surface area contributed by atoms with E-state index in [0.717, 1.165) is 18.2 Å². The first-order chi connectivity index (χ1) is 18.6. The van der Waals surface area contributed by atoms with Crippen molar-refractivity contribution >= 4 is 98.7 Å². The van der Waals surface area contributed by atoms with Crippen LogP contribution in [0.2, 0.25) is 0 Å². The van der Waals surface area contributed by atoms with Gasteiger partial charge in [0.15, 0.2) is 4.33 Å². The minimum atomic E-state index is -2.24. The highest BCUT2D eigenvalue weighted by molar-refractivity contribution is 6.66. The number of para-hydroxylation sites is 2. The Balaban J connectivity index is 1.68. The van der Waals surface area contributed by atoms with Crippen molar-refractivity contribution in [2.45, 2.75) is 20.6 Å². The number of nitro benzene ring substituents is 2. The van der Waals surface area contributed by atoms with Crippen LogP contribution in [0.25, 0.3) is 0 Å². The molecule has 1 aliphatic heterocycles. The minimum absolute atomic E-state index is 0.0977. The first kappa shape index (κ1) is 28.8. The van der Waals surface area contributed by atoms with Crippen molar-refractivity contribution in [1.82, 2.24) is 10.0 Å². The molecule has 1 saturated heterocycles. The van der Waals surface area contributed by atoms with E-state index in [1.165, 1.54) is 30.3 Å². The van der Waals surface area contributed by atoms with E-state index in [0.29, 0.717) is 10.0 Å². The van der Waals surface area contributed by atoms with Gasteiger partial charge in [0.25, 0.3) is 29.1 Å². The van der Waals surface area contributed by atoms with E-state index in [1.807, 2.05) is 0 Å². The summed E-state index contributed by atoms with van der Waals surface area (Å²) in [5.74, 6) is -6.66. The van der Waals surface area contributed by atoms with Crippen molar-refractivity contribution in [3.8, 4) is 0 Å². The van der Waals surface area contributed by atoms with Gasteiger partial charge in [-0.25, -0.2) is 5.01 Å². The molecule has 2 aliphatic carbocycles. The number of nitro groups is 2. The maximum absolute atomic E-state index is 13.9. The molecule has 0 aromatic heterocycles. The molecule has 0 radical (unpaired) electrons. The van der Waals surface area contributed by atoms with Crippen molar-refractivity contribution in [3.05, 3.63) is 90.0 Å². The number of allylic oxidation sites excluding steroid dienone is 2. The molecule has 208 valence electrons. The predicted octanol–water partition coefficient (Wildman–Crippen LogP) is 5.51.